The molecule has 1 saturated heterocycles. The van der Waals surface area contributed by atoms with Gasteiger partial charge < -0.3 is 14.6 Å². The molecular weight excluding hydrogens is 452 g/mol. The van der Waals surface area contributed by atoms with Gasteiger partial charge in [-0.05, 0) is 73.4 Å². The van der Waals surface area contributed by atoms with E-state index in [1.807, 2.05) is 16.8 Å². The summed E-state index contributed by atoms with van der Waals surface area (Å²) in [7, 11) is 1.65. The summed E-state index contributed by atoms with van der Waals surface area (Å²) < 4.78 is 9.39. The minimum atomic E-state index is -0.00567. The van der Waals surface area contributed by atoms with Crippen molar-refractivity contribution in [3.8, 4) is 16.9 Å². The van der Waals surface area contributed by atoms with E-state index in [4.69, 9.17) is 4.74 Å². The number of pyridine rings is 1. The molecule has 0 radical (unpaired) electrons. The molecule has 8 heteroatoms. The Labute approximate surface area is 211 Å². The summed E-state index contributed by atoms with van der Waals surface area (Å²) >= 11 is 0. The molecular formula is C28H36N6O2. The number of aromatic amines is 1. The van der Waals surface area contributed by atoms with Gasteiger partial charge in [-0.2, -0.15) is 5.10 Å². The number of aromatic nitrogens is 5. The Morgan fingerprint density at radius 3 is 2.75 bits per heavy atom. The number of benzene rings is 1. The number of hydrogen-bond donors (Lipinski definition) is 1. The van der Waals surface area contributed by atoms with Gasteiger partial charge in [0.25, 0.3) is 0 Å². The van der Waals surface area contributed by atoms with E-state index in [1.54, 1.807) is 11.6 Å². The summed E-state index contributed by atoms with van der Waals surface area (Å²) in [4.78, 5) is 23.4. The lowest BCUT2D eigenvalue weighted by molar-refractivity contribution is 0.155. The number of piperidine rings is 1. The first-order chi connectivity index (χ1) is 17.5. The van der Waals surface area contributed by atoms with Crippen molar-refractivity contribution in [1.82, 2.24) is 29.0 Å². The number of nitrogens with zero attached hydrogens (tertiary/aromatic N) is 5. The molecule has 2 aliphatic rings. The molecule has 0 spiro atoms. The normalized spacial score (nSPS) is 19.7. The molecule has 1 N–H and O–H groups in total. The number of methoxy groups -OCH3 is 1. The van der Waals surface area contributed by atoms with Crippen LogP contribution < -0.4 is 10.4 Å². The number of nitrogens with one attached hydrogen (secondary N) is 1. The number of likely N-dealkylation sites (tertiary alicyclic amines) is 1. The molecule has 8 nitrogen and oxygen atoms in total. The highest BCUT2D eigenvalue weighted by Gasteiger charge is 2.27. The van der Waals surface area contributed by atoms with Crippen molar-refractivity contribution in [3.05, 3.63) is 46.8 Å². The maximum absolute atomic E-state index is 13.3. The first-order valence-electron chi connectivity index (χ1n) is 13.4. The average Bonchev–Trinajstić information content (AvgIpc) is 3.62. The van der Waals surface area contributed by atoms with E-state index in [2.05, 4.69) is 45.9 Å². The van der Waals surface area contributed by atoms with Gasteiger partial charge in [0.2, 0.25) is 0 Å². The quantitative estimate of drug-likeness (QED) is 0.413. The molecule has 1 aliphatic heterocycles. The number of hydrogen-bond acceptors (Lipinski definition) is 5. The molecule has 0 amide bonds. The molecule has 1 aromatic carbocycles. The van der Waals surface area contributed by atoms with Crippen molar-refractivity contribution in [2.24, 2.45) is 5.92 Å². The molecule has 3 aromatic heterocycles. The average molecular weight is 489 g/mol. The number of fused-ring (bicyclic) bond motifs is 2. The number of H-pyrrole nitrogens is 1. The van der Waals surface area contributed by atoms with Crippen LogP contribution in [-0.2, 0) is 0 Å². The summed E-state index contributed by atoms with van der Waals surface area (Å²) in [5, 5.41) is 4.33. The van der Waals surface area contributed by atoms with Crippen molar-refractivity contribution < 1.29 is 4.74 Å². The maximum Gasteiger partial charge on any atom is 0.326 e. The monoisotopic (exact) mass is 488 g/mol. The van der Waals surface area contributed by atoms with Crippen LogP contribution >= 0.6 is 0 Å². The van der Waals surface area contributed by atoms with Crippen LogP contribution in [0.5, 0.6) is 5.75 Å². The van der Waals surface area contributed by atoms with Gasteiger partial charge in [0.05, 0.1) is 24.2 Å². The van der Waals surface area contributed by atoms with Crippen molar-refractivity contribution in [2.75, 3.05) is 26.7 Å². The van der Waals surface area contributed by atoms with E-state index in [9.17, 15) is 4.79 Å². The van der Waals surface area contributed by atoms with E-state index in [-0.39, 0.29) is 17.6 Å². The minimum absolute atomic E-state index is 0.00567. The molecule has 1 atom stereocenters. The second-order valence-corrected chi connectivity index (χ2v) is 10.9. The van der Waals surface area contributed by atoms with Gasteiger partial charge in [-0.15, -0.1) is 0 Å². The van der Waals surface area contributed by atoms with Gasteiger partial charge >= 0.3 is 5.69 Å². The number of ether oxygens (including phenoxy) is 1. The van der Waals surface area contributed by atoms with Crippen LogP contribution in [0, 0.1) is 5.92 Å². The van der Waals surface area contributed by atoms with Crippen LogP contribution in [0.15, 0.2) is 35.5 Å². The third-order valence-electron chi connectivity index (χ3n) is 8.22. The number of imidazole rings is 1. The second-order valence-electron chi connectivity index (χ2n) is 10.9. The molecule has 2 fully saturated rings. The Hall–Kier alpha value is -3.13. The summed E-state index contributed by atoms with van der Waals surface area (Å²) in [5.74, 6) is 1.79. The van der Waals surface area contributed by atoms with Crippen molar-refractivity contribution in [2.45, 2.75) is 64.3 Å². The molecule has 0 unspecified atom stereocenters. The third-order valence-corrected chi connectivity index (χ3v) is 8.22. The van der Waals surface area contributed by atoms with Gasteiger partial charge in [-0.3, -0.25) is 4.57 Å². The largest absolute Gasteiger partial charge is 0.493 e. The molecule has 6 rings (SSSR count). The van der Waals surface area contributed by atoms with Crippen molar-refractivity contribution in [1.29, 1.82) is 0 Å². The topological polar surface area (TPSA) is 80.5 Å². The molecule has 0 bridgehead atoms. The molecule has 4 aromatic rings. The highest BCUT2D eigenvalue weighted by Crippen LogP contribution is 2.36. The van der Waals surface area contributed by atoms with Gasteiger partial charge in [0.15, 0.2) is 11.4 Å². The second kappa shape index (κ2) is 9.39. The molecule has 4 heterocycles. The fraction of sp³-hybridized carbons (Fsp3) is 0.536. The standard InChI is InChI=1S/C28H36N6O2/c1-18(2)22-13-25-24(12-23(22)20-11-26(36-3)27-29-17-30-33(27)15-20)31-28(35)34(25)21-9-6-10-32(16-21)14-19-7-4-5-8-19/h11-13,15,17-19,21H,4-10,14,16H2,1-3H3,(H,31,35)/t21-/m1/s1. The first kappa shape index (κ1) is 23.3. The predicted octanol–water partition coefficient (Wildman–Crippen LogP) is 5.00. The Morgan fingerprint density at radius 2 is 1.97 bits per heavy atom. The zero-order chi connectivity index (χ0) is 24.8. The Bertz CT molecular complexity index is 1440. The highest BCUT2D eigenvalue weighted by molar-refractivity contribution is 5.85. The lowest BCUT2D eigenvalue weighted by atomic mass is 9.92. The van der Waals surface area contributed by atoms with Crippen LogP contribution in [0.25, 0.3) is 27.8 Å². The van der Waals surface area contributed by atoms with Crippen molar-refractivity contribution in [3.63, 3.8) is 0 Å². The van der Waals surface area contributed by atoms with Gasteiger partial charge in [-0.1, -0.05) is 26.7 Å². The molecule has 1 saturated carbocycles. The lowest BCUT2D eigenvalue weighted by Gasteiger charge is -2.34. The molecule has 190 valence electrons. The van der Waals surface area contributed by atoms with Crippen LogP contribution in [0.3, 0.4) is 0 Å². The van der Waals surface area contributed by atoms with E-state index >= 15 is 0 Å². The van der Waals surface area contributed by atoms with E-state index in [0.29, 0.717) is 11.4 Å². The third kappa shape index (κ3) is 4.11. The Morgan fingerprint density at radius 1 is 1.14 bits per heavy atom. The van der Waals surface area contributed by atoms with E-state index < -0.39 is 0 Å². The fourth-order valence-corrected chi connectivity index (χ4v) is 6.44. The zero-order valence-corrected chi connectivity index (χ0v) is 21.5. The number of rotatable bonds is 6. The van der Waals surface area contributed by atoms with E-state index in [0.717, 1.165) is 54.0 Å². The molecule has 1 aliphatic carbocycles. The Kier molecular flexibility index (Phi) is 6.07. The first-order valence-corrected chi connectivity index (χ1v) is 13.4. The smallest absolute Gasteiger partial charge is 0.326 e. The summed E-state index contributed by atoms with van der Waals surface area (Å²) in [6.45, 7) is 7.70. The zero-order valence-electron chi connectivity index (χ0n) is 21.5. The lowest BCUT2D eigenvalue weighted by Crippen LogP contribution is -2.41. The maximum atomic E-state index is 13.3. The summed E-state index contributed by atoms with van der Waals surface area (Å²) in [6.07, 6.45) is 11.2. The van der Waals surface area contributed by atoms with Crippen LogP contribution in [0.1, 0.15) is 69.9 Å². The minimum Gasteiger partial charge on any atom is -0.493 e. The highest BCUT2D eigenvalue weighted by atomic mass is 16.5. The predicted molar refractivity (Wildman–Crippen MR) is 142 cm³/mol. The van der Waals surface area contributed by atoms with E-state index in [1.165, 1.54) is 44.1 Å². The van der Waals surface area contributed by atoms with Crippen LogP contribution in [0.4, 0.5) is 0 Å². The van der Waals surface area contributed by atoms with Gasteiger partial charge in [-0.25, -0.2) is 14.3 Å². The summed E-state index contributed by atoms with van der Waals surface area (Å²) in [5.41, 5.74) is 5.84. The fourth-order valence-electron chi connectivity index (χ4n) is 6.44. The molecule has 36 heavy (non-hydrogen) atoms. The van der Waals surface area contributed by atoms with Crippen molar-refractivity contribution >= 4 is 16.7 Å². The van der Waals surface area contributed by atoms with Gasteiger partial charge in [0.1, 0.15) is 6.33 Å². The Balaban J connectivity index is 1.40. The van der Waals surface area contributed by atoms with Crippen LogP contribution in [0.2, 0.25) is 0 Å². The SMILES string of the molecule is COc1cc(-c2cc3[nH]c(=O)n([C@@H]4CCCN(CC5CCCC5)C4)c3cc2C(C)C)cn2ncnc12. The summed E-state index contributed by atoms with van der Waals surface area (Å²) in [6, 6.07) is 6.56. The van der Waals surface area contributed by atoms with Gasteiger partial charge in [0, 0.05) is 24.8 Å². The van der Waals surface area contributed by atoms with Crippen LogP contribution in [-0.4, -0.2) is 55.8 Å².